The van der Waals surface area contributed by atoms with Crippen molar-refractivity contribution >= 4 is 11.6 Å². The Morgan fingerprint density at radius 2 is 2.25 bits per heavy atom. The molecule has 0 spiro atoms. The van der Waals surface area contributed by atoms with Crippen LogP contribution in [0.15, 0.2) is 24.3 Å². The number of benzene rings is 1. The lowest BCUT2D eigenvalue weighted by Gasteiger charge is -2.19. The van der Waals surface area contributed by atoms with Crippen molar-refractivity contribution in [3.8, 4) is 5.75 Å². The van der Waals surface area contributed by atoms with Gasteiger partial charge in [-0.15, -0.1) is 0 Å². The van der Waals surface area contributed by atoms with Crippen molar-refractivity contribution in [3.63, 3.8) is 0 Å². The van der Waals surface area contributed by atoms with Crippen LogP contribution in [0, 0.1) is 11.8 Å². The summed E-state index contributed by atoms with van der Waals surface area (Å²) >= 11 is 0. The smallest absolute Gasteiger partial charge is 0.222 e. The molecule has 5 nitrogen and oxygen atoms in total. The molecule has 1 amide bonds. The van der Waals surface area contributed by atoms with E-state index in [9.17, 15) is 4.79 Å². The Morgan fingerprint density at radius 3 is 3.00 bits per heavy atom. The van der Waals surface area contributed by atoms with Crippen LogP contribution >= 0.6 is 0 Å². The predicted octanol–water partition coefficient (Wildman–Crippen LogP) is 2.70. The molecule has 24 heavy (non-hydrogen) atoms. The van der Waals surface area contributed by atoms with Gasteiger partial charge in [-0.2, -0.15) is 0 Å². The molecule has 1 aromatic rings. The van der Waals surface area contributed by atoms with Crippen LogP contribution in [0.3, 0.4) is 0 Å². The number of rotatable bonds is 9. The Bertz CT molecular complexity index is 519. The van der Waals surface area contributed by atoms with Crippen molar-refractivity contribution < 1.29 is 14.3 Å². The van der Waals surface area contributed by atoms with E-state index in [1.165, 1.54) is 5.69 Å². The van der Waals surface area contributed by atoms with Crippen LogP contribution in [-0.4, -0.2) is 45.9 Å². The van der Waals surface area contributed by atoms with Crippen LogP contribution in [-0.2, 0) is 9.53 Å². The first-order valence-corrected chi connectivity index (χ1v) is 8.82. The number of amides is 1. The zero-order valence-corrected chi connectivity index (χ0v) is 15.1. The lowest BCUT2D eigenvalue weighted by Crippen LogP contribution is -2.31. The number of hydrogen-bond acceptors (Lipinski definition) is 4. The lowest BCUT2D eigenvalue weighted by atomic mass is 10.1. The zero-order chi connectivity index (χ0) is 17.4. The Hall–Kier alpha value is -1.75. The molecule has 1 aliphatic heterocycles. The standard InChI is InChI=1S/C19H30N2O3/c1-15(2)14-24-10-8-19(22)20-12-16-7-9-21(13-16)17-5-4-6-18(11-17)23-3/h4-6,11,15-16H,7-10,12-14H2,1-3H3,(H,20,22)/t16-/m1/s1. The molecule has 0 unspecified atom stereocenters. The Labute approximate surface area is 145 Å². The molecule has 1 aromatic carbocycles. The third-order valence-electron chi connectivity index (χ3n) is 4.22. The highest BCUT2D eigenvalue weighted by molar-refractivity contribution is 5.75. The second kappa shape index (κ2) is 9.52. The summed E-state index contributed by atoms with van der Waals surface area (Å²) in [6, 6.07) is 8.14. The molecule has 1 atom stereocenters. The van der Waals surface area contributed by atoms with Gasteiger partial charge in [-0.1, -0.05) is 19.9 Å². The topological polar surface area (TPSA) is 50.8 Å². The fraction of sp³-hybridized carbons (Fsp3) is 0.632. The van der Waals surface area contributed by atoms with Crippen LogP contribution in [0.1, 0.15) is 26.7 Å². The minimum Gasteiger partial charge on any atom is -0.497 e. The Kier molecular flexibility index (Phi) is 7.37. The maximum absolute atomic E-state index is 11.9. The van der Waals surface area contributed by atoms with Crippen molar-refractivity contribution in [2.45, 2.75) is 26.7 Å². The molecule has 1 fully saturated rings. The van der Waals surface area contributed by atoms with Crippen LogP contribution in [0.25, 0.3) is 0 Å². The molecule has 1 heterocycles. The van der Waals surface area contributed by atoms with Crippen LogP contribution in [0.5, 0.6) is 5.75 Å². The number of hydrogen-bond donors (Lipinski definition) is 1. The van der Waals surface area contributed by atoms with E-state index >= 15 is 0 Å². The molecule has 0 saturated carbocycles. The largest absolute Gasteiger partial charge is 0.497 e. The summed E-state index contributed by atoms with van der Waals surface area (Å²) in [6.07, 6.45) is 1.54. The number of ether oxygens (including phenoxy) is 2. The van der Waals surface area contributed by atoms with Gasteiger partial charge in [-0.25, -0.2) is 0 Å². The summed E-state index contributed by atoms with van der Waals surface area (Å²) in [6.45, 7) is 8.16. The Balaban J connectivity index is 1.67. The monoisotopic (exact) mass is 334 g/mol. The van der Waals surface area contributed by atoms with E-state index in [1.807, 2.05) is 12.1 Å². The molecule has 0 radical (unpaired) electrons. The van der Waals surface area contributed by atoms with E-state index in [0.29, 0.717) is 31.5 Å². The first kappa shape index (κ1) is 18.6. The minimum absolute atomic E-state index is 0.0820. The highest BCUT2D eigenvalue weighted by Gasteiger charge is 2.23. The van der Waals surface area contributed by atoms with Crippen molar-refractivity contribution in [3.05, 3.63) is 24.3 Å². The van der Waals surface area contributed by atoms with E-state index in [-0.39, 0.29) is 5.91 Å². The third-order valence-corrected chi connectivity index (χ3v) is 4.22. The average Bonchev–Trinajstić information content (AvgIpc) is 3.06. The maximum atomic E-state index is 11.9. The van der Waals surface area contributed by atoms with E-state index in [2.05, 4.69) is 36.2 Å². The van der Waals surface area contributed by atoms with Gasteiger partial charge in [0, 0.05) is 44.4 Å². The molecule has 134 valence electrons. The van der Waals surface area contributed by atoms with E-state index < -0.39 is 0 Å². The number of anilines is 1. The normalized spacial score (nSPS) is 17.3. The molecule has 0 bridgehead atoms. The van der Waals surface area contributed by atoms with E-state index in [1.54, 1.807) is 7.11 Å². The molecule has 1 N–H and O–H groups in total. The molecule has 5 heteroatoms. The van der Waals surface area contributed by atoms with E-state index in [0.717, 1.165) is 31.8 Å². The molecular formula is C19H30N2O3. The van der Waals surface area contributed by atoms with Gasteiger partial charge in [0.05, 0.1) is 13.7 Å². The fourth-order valence-corrected chi connectivity index (χ4v) is 2.87. The predicted molar refractivity (Wildman–Crippen MR) is 96.6 cm³/mol. The van der Waals surface area contributed by atoms with Gasteiger partial charge in [-0.3, -0.25) is 4.79 Å². The highest BCUT2D eigenvalue weighted by Crippen LogP contribution is 2.26. The fourth-order valence-electron chi connectivity index (χ4n) is 2.87. The average molecular weight is 334 g/mol. The van der Waals surface area contributed by atoms with E-state index in [4.69, 9.17) is 9.47 Å². The summed E-state index contributed by atoms with van der Waals surface area (Å²) in [4.78, 5) is 14.2. The van der Waals surface area contributed by atoms with Crippen molar-refractivity contribution in [2.24, 2.45) is 11.8 Å². The van der Waals surface area contributed by atoms with Crippen molar-refractivity contribution in [1.82, 2.24) is 5.32 Å². The highest BCUT2D eigenvalue weighted by atomic mass is 16.5. The number of nitrogens with one attached hydrogen (secondary N) is 1. The number of carbonyl (C=O) groups excluding carboxylic acids is 1. The second-order valence-corrected chi connectivity index (χ2v) is 6.83. The molecular weight excluding hydrogens is 304 g/mol. The zero-order valence-electron chi connectivity index (χ0n) is 15.1. The van der Waals surface area contributed by atoms with Gasteiger partial charge in [0.2, 0.25) is 5.91 Å². The number of nitrogens with zero attached hydrogens (tertiary/aromatic N) is 1. The first-order valence-electron chi connectivity index (χ1n) is 8.82. The molecule has 0 aromatic heterocycles. The lowest BCUT2D eigenvalue weighted by molar-refractivity contribution is -0.122. The Morgan fingerprint density at radius 1 is 1.42 bits per heavy atom. The van der Waals surface area contributed by atoms with Gasteiger partial charge in [0.15, 0.2) is 0 Å². The number of carbonyl (C=O) groups is 1. The maximum Gasteiger partial charge on any atom is 0.222 e. The third kappa shape index (κ3) is 6.04. The van der Waals surface area contributed by atoms with Crippen LogP contribution in [0.2, 0.25) is 0 Å². The van der Waals surface area contributed by atoms with Gasteiger partial charge < -0.3 is 19.7 Å². The summed E-state index contributed by atoms with van der Waals surface area (Å²) in [5, 5.41) is 3.04. The molecule has 1 saturated heterocycles. The van der Waals surface area contributed by atoms with Crippen LogP contribution in [0.4, 0.5) is 5.69 Å². The van der Waals surface area contributed by atoms with Gasteiger partial charge in [0.1, 0.15) is 5.75 Å². The van der Waals surface area contributed by atoms with Gasteiger partial charge in [-0.05, 0) is 30.4 Å². The van der Waals surface area contributed by atoms with Crippen molar-refractivity contribution in [1.29, 1.82) is 0 Å². The quantitative estimate of drug-likeness (QED) is 0.706. The summed E-state index contributed by atoms with van der Waals surface area (Å²) in [7, 11) is 1.69. The van der Waals surface area contributed by atoms with Gasteiger partial charge >= 0.3 is 0 Å². The SMILES string of the molecule is COc1cccc(N2CC[C@H](CNC(=O)CCOCC(C)C)C2)c1. The molecule has 1 aliphatic rings. The molecule has 2 rings (SSSR count). The number of methoxy groups -OCH3 is 1. The minimum atomic E-state index is 0.0820. The summed E-state index contributed by atoms with van der Waals surface area (Å²) < 4.78 is 10.7. The molecule has 0 aliphatic carbocycles. The summed E-state index contributed by atoms with van der Waals surface area (Å²) in [5.41, 5.74) is 1.19. The second-order valence-electron chi connectivity index (χ2n) is 6.83. The summed E-state index contributed by atoms with van der Waals surface area (Å²) in [5.74, 6) is 1.97. The first-order chi connectivity index (χ1) is 11.6. The van der Waals surface area contributed by atoms with Crippen molar-refractivity contribution in [2.75, 3.05) is 44.9 Å². The van der Waals surface area contributed by atoms with Gasteiger partial charge in [0.25, 0.3) is 0 Å². The van der Waals surface area contributed by atoms with Crippen LogP contribution < -0.4 is 15.0 Å².